The summed E-state index contributed by atoms with van der Waals surface area (Å²) in [4.78, 5) is 0.0457. The molecule has 3 rings (SSSR count). The van der Waals surface area contributed by atoms with Crippen molar-refractivity contribution in [1.82, 2.24) is 14.9 Å². The fraction of sp³-hybridized carbons (Fsp3) is 0.0714. The Labute approximate surface area is 142 Å². The summed E-state index contributed by atoms with van der Waals surface area (Å²) in [7, 11) is -3.71. The molecule has 0 bridgehead atoms. The van der Waals surface area contributed by atoms with Gasteiger partial charge in [0.25, 0.3) is 0 Å². The van der Waals surface area contributed by atoms with Gasteiger partial charge in [-0.2, -0.15) is 14.9 Å². The average Bonchev–Trinajstić information content (AvgIpc) is 3.12. The summed E-state index contributed by atoms with van der Waals surface area (Å²) in [6.07, 6.45) is 1.51. The summed E-state index contributed by atoms with van der Waals surface area (Å²) >= 11 is 5.05. The number of furan rings is 1. The van der Waals surface area contributed by atoms with Crippen LogP contribution in [0.1, 0.15) is 11.6 Å². The summed E-state index contributed by atoms with van der Waals surface area (Å²) in [6, 6.07) is 9.59. The van der Waals surface area contributed by atoms with E-state index in [4.69, 9.17) is 21.8 Å². The van der Waals surface area contributed by atoms with Crippen LogP contribution in [0.15, 0.2) is 50.8 Å². The van der Waals surface area contributed by atoms with E-state index in [2.05, 4.69) is 15.3 Å². The molecule has 0 saturated heterocycles. The highest BCUT2D eigenvalue weighted by Gasteiger charge is 2.09. The maximum absolute atomic E-state index is 11.3. The van der Waals surface area contributed by atoms with Crippen molar-refractivity contribution in [2.24, 2.45) is 10.2 Å². The number of primary sulfonamides is 1. The van der Waals surface area contributed by atoms with Gasteiger partial charge in [-0.15, -0.1) is 0 Å². The monoisotopic (exact) mass is 363 g/mol. The van der Waals surface area contributed by atoms with E-state index in [0.29, 0.717) is 22.1 Å². The number of aryl methyl sites for hydroxylation is 1. The fourth-order valence-electron chi connectivity index (χ4n) is 2.01. The minimum Gasteiger partial charge on any atom is -0.455 e. The summed E-state index contributed by atoms with van der Waals surface area (Å²) < 4.78 is 30.0. The van der Waals surface area contributed by atoms with Gasteiger partial charge in [0.15, 0.2) is 0 Å². The van der Waals surface area contributed by atoms with Crippen LogP contribution < -0.4 is 5.14 Å². The third-order valence-corrected chi connectivity index (χ3v) is 4.40. The van der Waals surface area contributed by atoms with Gasteiger partial charge in [0, 0.05) is 5.56 Å². The number of aromatic nitrogens is 3. The lowest BCUT2D eigenvalue weighted by atomic mass is 10.2. The second kappa shape index (κ2) is 6.15. The first kappa shape index (κ1) is 16.3. The summed E-state index contributed by atoms with van der Waals surface area (Å²) in [5, 5.41) is 15.9. The topological polar surface area (TPSA) is 119 Å². The normalized spacial score (nSPS) is 12.1. The van der Waals surface area contributed by atoms with Gasteiger partial charge >= 0.3 is 0 Å². The predicted molar refractivity (Wildman–Crippen MR) is 90.7 cm³/mol. The van der Waals surface area contributed by atoms with Crippen LogP contribution in [0.25, 0.3) is 11.3 Å². The van der Waals surface area contributed by atoms with E-state index in [1.807, 2.05) is 0 Å². The zero-order valence-electron chi connectivity index (χ0n) is 12.5. The van der Waals surface area contributed by atoms with Gasteiger partial charge in [-0.1, -0.05) is 0 Å². The fourth-order valence-corrected chi connectivity index (χ4v) is 2.75. The van der Waals surface area contributed by atoms with Crippen molar-refractivity contribution in [1.29, 1.82) is 0 Å². The number of H-pyrrole nitrogens is 1. The standard InChI is InChI=1S/C14H13N5O3S2/c1-9-17-18-14(23)19(9)16-8-11-4-7-13(22-11)10-2-5-12(6-3-10)24(15,20)21/h2-8H,1H3,(H,18,23)(H2,15,20,21)/b16-8-. The molecule has 2 heterocycles. The highest BCUT2D eigenvalue weighted by atomic mass is 32.2. The lowest BCUT2D eigenvalue weighted by Gasteiger charge is -2.00. The largest absolute Gasteiger partial charge is 0.455 e. The number of sulfonamides is 1. The Balaban J connectivity index is 1.84. The van der Waals surface area contributed by atoms with E-state index < -0.39 is 10.0 Å². The van der Waals surface area contributed by atoms with Gasteiger partial charge < -0.3 is 4.42 Å². The summed E-state index contributed by atoms with van der Waals surface area (Å²) in [6.45, 7) is 1.77. The molecule has 1 aromatic carbocycles. The van der Waals surface area contributed by atoms with Crippen LogP contribution >= 0.6 is 12.2 Å². The van der Waals surface area contributed by atoms with Gasteiger partial charge in [-0.25, -0.2) is 13.6 Å². The maximum Gasteiger partial charge on any atom is 0.238 e. The van der Waals surface area contributed by atoms with E-state index in [1.165, 1.54) is 23.0 Å². The van der Waals surface area contributed by atoms with Gasteiger partial charge in [-0.05, 0) is 55.5 Å². The molecule has 3 aromatic rings. The molecule has 10 heteroatoms. The third kappa shape index (κ3) is 3.35. The number of nitrogens with zero attached hydrogens (tertiary/aromatic N) is 3. The van der Waals surface area contributed by atoms with Crippen molar-refractivity contribution >= 4 is 28.5 Å². The average molecular weight is 363 g/mol. The number of aromatic amines is 1. The Morgan fingerprint density at radius 2 is 2.00 bits per heavy atom. The SMILES string of the molecule is Cc1n[nH]c(=S)n1/N=C\c1ccc(-c2ccc(S(N)(=O)=O)cc2)o1. The van der Waals surface area contributed by atoms with Gasteiger partial charge in [0.05, 0.1) is 11.1 Å². The molecule has 0 atom stereocenters. The van der Waals surface area contributed by atoms with E-state index in [-0.39, 0.29) is 4.90 Å². The highest BCUT2D eigenvalue weighted by molar-refractivity contribution is 7.89. The van der Waals surface area contributed by atoms with Crippen molar-refractivity contribution in [2.75, 3.05) is 0 Å². The van der Waals surface area contributed by atoms with Gasteiger partial charge in [0.2, 0.25) is 14.8 Å². The molecule has 0 aliphatic carbocycles. The smallest absolute Gasteiger partial charge is 0.238 e. The summed E-state index contributed by atoms with van der Waals surface area (Å²) in [5.41, 5.74) is 0.721. The van der Waals surface area contributed by atoms with Crippen molar-refractivity contribution in [3.8, 4) is 11.3 Å². The minimum absolute atomic E-state index is 0.0457. The molecular formula is C14H13N5O3S2. The van der Waals surface area contributed by atoms with Crippen LogP contribution in [0.3, 0.4) is 0 Å². The van der Waals surface area contributed by atoms with E-state index in [9.17, 15) is 8.42 Å². The quantitative estimate of drug-likeness (QED) is 0.543. The molecule has 2 aromatic heterocycles. The summed E-state index contributed by atoms with van der Waals surface area (Å²) in [5.74, 6) is 1.72. The van der Waals surface area contributed by atoms with Crippen molar-refractivity contribution in [3.05, 3.63) is 52.8 Å². The van der Waals surface area contributed by atoms with E-state index >= 15 is 0 Å². The Morgan fingerprint density at radius 3 is 2.58 bits per heavy atom. The lowest BCUT2D eigenvalue weighted by Crippen LogP contribution is -2.11. The molecule has 0 aliphatic rings. The van der Waals surface area contributed by atoms with Crippen LogP contribution in [0.2, 0.25) is 0 Å². The van der Waals surface area contributed by atoms with Crippen LogP contribution in [0.5, 0.6) is 0 Å². The number of nitrogens with one attached hydrogen (secondary N) is 1. The number of benzene rings is 1. The van der Waals surface area contributed by atoms with E-state index in [1.54, 1.807) is 31.2 Å². The molecule has 8 nitrogen and oxygen atoms in total. The van der Waals surface area contributed by atoms with Crippen LogP contribution in [-0.4, -0.2) is 29.5 Å². The molecule has 0 spiro atoms. The predicted octanol–water partition coefficient (Wildman–Crippen LogP) is 2.04. The number of rotatable bonds is 4. The lowest BCUT2D eigenvalue weighted by molar-refractivity contribution is 0.573. The van der Waals surface area contributed by atoms with E-state index in [0.717, 1.165) is 5.56 Å². The Kier molecular flexibility index (Phi) is 4.18. The van der Waals surface area contributed by atoms with Crippen molar-refractivity contribution in [2.45, 2.75) is 11.8 Å². The van der Waals surface area contributed by atoms with Crippen molar-refractivity contribution < 1.29 is 12.8 Å². The van der Waals surface area contributed by atoms with Crippen molar-refractivity contribution in [3.63, 3.8) is 0 Å². The molecule has 124 valence electrons. The first-order chi connectivity index (χ1) is 11.3. The first-order valence-electron chi connectivity index (χ1n) is 6.76. The molecule has 24 heavy (non-hydrogen) atoms. The van der Waals surface area contributed by atoms with Crippen LogP contribution in [0, 0.1) is 11.7 Å². The maximum atomic E-state index is 11.3. The van der Waals surface area contributed by atoms with Crippen LogP contribution in [-0.2, 0) is 10.0 Å². The molecule has 0 fully saturated rings. The highest BCUT2D eigenvalue weighted by Crippen LogP contribution is 2.23. The molecule has 0 saturated carbocycles. The Bertz CT molecular complexity index is 1060. The Hall–Kier alpha value is -2.56. The van der Waals surface area contributed by atoms with Gasteiger partial charge in [0.1, 0.15) is 17.3 Å². The zero-order valence-corrected chi connectivity index (χ0v) is 14.1. The number of hydrogen-bond donors (Lipinski definition) is 2. The molecule has 0 amide bonds. The minimum atomic E-state index is -3.71. The second-order valence-electron chi connectivity index (χ2n) is 4.90. The first-order valence-corrected chi connectivity index (χ1v) is 8.71. The molecule has 0 aliphatic heterocycles. The molecule has 0 radical (unpaired) electrons. The molecule has 0 unspecified atom stereocenters. The third-order valence-electron chi connectivity index (χ3n) is 3.21. The Morgan fingerprint density at radius 1 is 1.29 bits per heavy atom. The van der Waals surface area contributed by atoms with Crippen LogP contribution in [0.4, 0.5) is 0 Å². The zero-order chi connectivity index (χ0) is 17.3. The second-order valence-corrected chi connectivity index (χ2v) is 6.85. The van der Waals surface area contributed by atoms with Gasteiger partial charge in [-0.3, -0.25) is 5.10 Å². The molecular weight excluding hydrogens is 350 g/mol. The number of nitrogens with two attached hydrogens (primary N) is 1. The molecule has 3 N–H and O–H groups in total. The number of hydrogen-bond acceptors (Lipinski definition) is 6.